The maximum absolute atomic E-state index is 12.3. The molecule has 1 amide bonds. The van der Waals surface area contributed by atoms with Crippen LogP contribution in [0.2, 0.25) is 0 Å². The van der Waals surface area contributed by atoms with Crippen molar-refractivity contribution in [3.8, 4) is 0 Å². The summed E-state index contributed by atoms with van der Waals surface area (Å²) in [5.74, 6) is 2.05. The molecule has 0 saturated heterocycles. The Bertz CT molecular complexity index is 935. The van der Waals surface area contributed by atoms with Crippen LogP contribution in [-0.2, 0) is 22.4 Å². The number of thioether (sulfide) groups is 1. The molecule has 0 aliphatic carbocycles. The second-order valence-electron chi connectivity index (χ2n) is 7.82. The Labute approximate surface area is 175 Å². The second-order valence-corrected chi connectivity index (χ2v) is 8.82. The Morgan fingerprint density at radius 3 is 2.76 bits per heavy atom. The molecular formula is C22H26N4O2S. The van der Waals surface area contributed by atoms with Crippen molar-refractivity contribution in [1.29, 1.82) is 0 Å². The van der Waals surface area contributed by atoms with Crippen molar-refractivity contribution in [3.63, 3.8) is 0 Å². The van der Waals surface area contributed by atoms with E-state index in [-0.39, 0.29) is 11.3 Å². The zero-order valence-corrected chi connectivity index (χ0v) is 17.8. The smallest absolute Gasteiger partial charge is 0.226 e. The highest BCUT2D eigenvalue weighted by Crippen LogP contribution is 2.22. The van der Waals surface area contributed by atoms with Crippen LogP contribution < -0.4 is 5.32 Å². The minimum absolute atomic E-state index is 0.0184. The third kappa shape index (κ3) is 6.71. The summed E-state index contributed by atoms with van der Waals surface area (Å²) in [6.45, 7) is 6.12. The predicted molar refractivity (Wildman–Crippen MR) is 115 cm³/mol. The van der Waals surface area contributed by atoms with E-state index in [2.05, 4.69) is 20.4 Å². The Kier molecular flexibility index (Phi) is 7.04. The van der Waals surface area contributed by atoms with Crippen LogP contribution in [0.3, 0.4) is 0 Å². The van der Waals surface area contributed by atoms with E-state index in [1.165, 1.54) is 0 Å². The Morgan fingerprint density at radius 2 is 2.03 bits per heavy atom. The number of amides is 1. The van der Waals surface area contributed by atoms with E-state index < -0.39 is 0 Å². The second kappa shape index (κ2) is 9.69. The number of nitrogens with zero attached hydrogens (tertiary/aromatic N) is 3. The van der Waals surface area contributed by atoms with E-state index in [1.54, 1.807) is 18.0 Å². The first kappa shape index (κ1) is 21.0. The van der Waals surface area contributed by atoms with Crippen LogP contribution in [0.4, 0.5) is 5.69 Å². The maximum atomic E-state index is 12.3. The highest BCUT2D eigenvalue weighted by molar-refractivity contribution is 7.98. The lowest BCUT2D eigenvalue weighted by Crippen LogP contribution is -2.13. The molecule has 3 rings (SSSR count). The fourth-order valence-electron chi connectivity index (χ4n) is 2.61. The SMILES string of the molecule is CC(C)(C)c1noc(CCCC(=O)Nc2cccc(CSc3ccccn3)c2)n1. The summed E-state index contributed by atoms with van der Waals surface area (Å²) in [7, 11) is 0. The van der Waals surface area contributed by atoms with E-state index >= 15 is 0 Å². The van der Waals surface area contributed by atoms with Crippen LogP contribution in [0.15, 0.2) is 58.2 Å². The van der Waals surface area contributed by atoms with Crippen LogP contribution >= 0.6 is 11.8 Å². The summed E-state index contributed by atoms with van der Waals surface area (Å²) in [6, 6.07) is 13.8. The summed E-state index contributed by atoms with van der Waals surface area (Å²) < 4.78 is 5.27. The highest BCUT2D eigenvalue weighted by Gasteiger charge is 2.20. The first-order valence-corrected chi connectivity index (χ1v) is 10.6. The van der Waals surface area contributed by atoms with E-state index in [4.69, 9.17) is 4.52 Å². The molecule has 0 bridgehead atoms. The molecule has 7 heteroatoms. The van der Waals surface area contributed by atoms with Gasteiger partial charge in [0.15, 0.2) is 5.82 Å². The summed E-state index contributed by atoms with van der Waals surface area (Å²) >= 11 is 1.67. The number of hydrogen-bond donors (Lipinski definition) is 1. The van der Waals surface area contributed by atoms with E-state index in [9.17, 15) is 4.79 Å². The van der Waals surface area contributed by atoms with Crippen molar-refractivity contribution in [2.24, 2.45) is 0 Å². The van der Waals surface area contributed by atoms with Gasteiger partial charge < -0.3 is 9.84 Å². The zero-order valence-electron chi connectivity index (χ0n) is 17.0. The average molecular weight is 411 g/mol. The molecule has 0 saturated carbocycles. The van der Waals surface area contributed by atoms with Crippen molar-refractivity contribution >= 4 is 23.4 Å². The summed E-state index contributed by atoms with van der Waals surface area (Å²) in [6.07, 6.45) is 3.45. The number of aryl methyl sites for hydroxylation is 1. The maximum Gasteiger partial charge on any atom is 0.226 e. The Morgan fingerprint density at radius 1 is 1.17 bits per heavy atom. The van der Waals surface area contributed by atoms with Gasteiger partial charge in [-0.05, 0) is 36.2 Å². The predicted octanol–water partition coefficient (Wildman–Crippen LogP) is 5.02. The molecule has 0 spiro atoms. The van der Waals surface area contributed by atoms with Gasteiger partial charge in [-0.1, -0.05) is 44.1 Å². The Hall–Kier alpha value is -2.67. The lowest BCUT2D eigenvalue weighted by molar-refractivity contribution is -0.116. The number of aromatic nitrogens is 3. The minimum atomic E-state index is -0.140. The fourth-order valence-corrected chi connectivity index (χ4v) is 3.42. The van der Waals surface area contributed by atoms with Gasteiger partial charge in [0.1, 0.15) is 0 Å². The number of nitrogens with one attached hydrogen (secondary N) is 1. The quantitative estimate of drug-likeness (QED) is 0.525. The largest absolute Gasteiger partial charge is 0.339 e. The number of anilines is 1. The first-order valence-electron chi connectivity index (χ1n) is 9.66. The average Bonchev–Trinajstić information content (AvgIpc) is 3.17. The molecule has 0 aliphatic rings. The molecule has 6 nitrogen and oxygen atoms in total. The number of hydrogen-bond acceptors (Lipinski definition) is 6. The van der Waals surface area contributed by atoms with Crippen molar-refractivity contribution in [2.45, 2.75) is 56.2 Å². The van der Waals surface area contributed by atoms with E-state index in [0.717, 1.165) is 22.0 Å². The first-order chi connectivity index (χ1) is 13.9. The lowest BCUT2D eigenvalue weighted by atomic mass is 9.96. The van der Waals surface area contributed by atoms with Crippen LogP contribution in [0.25, 0.3) is 0 Å². The molecule has 0 unspecified atom stereocenters. The molecule has 2 aromatic heterocycles. The van der Waals surface area contributed by atoms with Crippen molar-refractivity contribution in [2.75, 3.05) is 5.32 Å². The van der Waals surface area contributed by atoms with Crippen LogP contribution in [0.5, 0.6) is 0 Å². The summed E-state index contributed by atoms with van der Waals surface area (Å²) in [4.78, 5) is 21.0. The van der Waals surface area contributed by atoms with Crippen molar-refractivity contribution in [1.82, 2.24) is 15.1 Å². The van der Waals surface area contributed by atoms with Gasteiger partial charge in [0.2, 0.25) is 11.8 Å². The molecular weight excluding hydrogens is 384 g/mol. The number of benzene rings is 1. The van der Waals surface area contributed by atoms with Crippen molar-refractivity contribution < 1.29 is 9.32 Å². The van der Waals surface area contributed by atoms with Crippen molar-refractivity contribution in [3.05, 3.63) is 65.9 Å². The molecule has 1 N–H and O–H groups in total. The third-order valence-corrected chi connectivity index (χ3v) is 5.18. The van der Waals surface area contributed by atoms with Crippen LogP contribution in [-0.4, -0.2) is 21.0 Å². The normalized spacial score (nSPS) is 11.4. The zero-order chi connectivity index (χ0) is 20.7. The van der Waals surface area contributed by atoms with Gasteiger partial charge in [0.25, 0.3) is 0 Å². The molecule has 0 aliphatic heterocycles. The van der Waals surface area contributed by atoms with Gasteiger partial charge in [-0.3, -0.25) is 4.79 Å². The molecule has 152 valence electrons. The molecule has 0 atom stereocenters. The molecule has 0 fully saturated rings. The van der Waals surface area contributed by atoms with E-state index in [1.807, 2.05) is 63.2 Å². The van der Waals surface area contributed by atoms with Gasteiger partial charge >= 0.3 is 0 Å². The lowest BCUT2D eigenvalue weighted by Gasteiger charge is -2.10. The monoisotopic (exact) mass is 410 g/mol. The number of pyridine rings is 1. The molecule has 0 radical (unpaired) electrons. The third-order valence-electron chi connectivity index (χ3n) is 4.17. The van der Waals surface area contributed by atoms with Crippen LogP contribution in [0, 0.1) is 0 Å². The summed E-state index contributed by atoms with van der Waals surface area (Å²) in [5, 5.41) is 7.96. The summed E-state index contributed by atoms with van der Waals surface area (Å²) in [5.41, 5.74) is 1.81. The van der Waals surface area contributed by atoms with Gasteiger partial charge in [-0.15, -0.1) is 11.8 Å². The molecule has 3 aromatic rings. The Balaban J connectivity index is 1.45. The van der Waals surface area contributed by atoms with Gasteiger partial charge in [0.05, 0.1) is 5.03 Å². The number of rotatable bonds is 8. The van der Waals surface area contributed by atoms with E-state index in [0.29, 0.717) is 31.0 Å². The standard InChI is InChI=1S/C22H26N4O2S/c1-22(2,3)21-25-19(28-26-21)11-7-10-18(27)24-17-9-6-8-16(14-17)15-29-20-12-4-5-13-23-20/h4-6,8-9,12-14H,7,10-11,15H2,1-3H3,(H,24,27). The van der Waals surface area contributed by atoms with Crippen LogP contribution in [0.1, 0.15) is 50.9 Å². The topological polar surface area (TPSA) is 80.9 Å². The van der Waals surface area contributed by atoms with Gasteiger partial charge in [0, 0.05) is 35.9 Å². The minimum Gasteiger partial charge on any atom is -0.339 e. The van der Waals surface area contributed by atoms with Gasteiger partial charge in [-0.25, -0.2) is 4.98 Å². The fraction of sp³-hybridized carbons (Fsp3) is 0.364. The van der Waals surface area contributed by atoms with Gasteiger partial charge in [-0.2, -0.15) is 4.98 Å². The molecule has 29 heavy (non-hydrogen) atoms. The molecule has 2 heterocycles. The number of carbonyl (C=O) groups excluding carboxylic acids is 1. The highest BCUT2D eigenvalue weighted by atomic mass is 32.2. The number of carbonyl (C=O) groups is 1. The molecule has 1 aromatic carbocycles.